The van der Waals surface area contributed by atoms with Gasteiger partial charge >= 0.3 is 35.5 Å². The van der Waals surface area contributed by atoms with Crippen LogP contribution in [0.15, 0.2) is 0 Å². The maximum atomic E-state index is 10.8. The first-order valence-corrected chi connectivity index (χ1v) is 4.95. The molecule has 0 aromatic rings. The van der Waals surface area contributed by atoms with Gasteiger partial charge in [0.1, 0.15) is 0 Å². The van der Waals surface area contributed by atoms with Crippen molar-refractivity contribution in [2.24, 2.45) is 0 Å². The number of methoxy groups -OCH3 is 1. The van der Waals surface area contributed by atoms with E-state index in [1.807, 2.05) is 0 Å². The molecule has 0 bridgehead atoms. The second kappa shape index (κ2) is 7.56. The van der Waals surface area contributed by atoms with Crippen LogP contribution in [-0.2, 0) is 23.4 Å². The summed E-state index contributed by atoms with van der Waals surface area (Å²) >= 11 is 0. The summed E-state index contributed by atoms with van der Waals surface area (Å²) in [7, 11) is -2.38. The van der Waals surface area contributed by atoms with Crippen LogP contribution in [0.1, 0.15) is 12.8 Å². The Bertz CT molecular complexity index is 253. The largest absolute Gasteiger partial charge is 1.00 e. The summed E-state index contributed by atoms with van der Waals surface area (Å²) < 4.78 is 18.9. The van der Waals surface area contributed by atoms with Gasteiger partial charge in [0, 0.05) is 13.5 Å². The third kappa shape index (κ3) is 5.90. The summed E-state index contributed by atoms with van der Waals surface area (Å²) in [5.74, 6) is -0.635. The minimum Gasteiger partial charge on any atom is -0.773 e. The minimum absolute atomic E-state index is 0. The molecule has 0 aromatic carbocycles. The molecule has 0 N–H and O–H groups in total. The van der Waals surface area contributed by atoms with Crippen LogP contribution in [-0.4, -0.2) is 25.7 Å². The number of hydrogen-bond acceptors (Lipinski definition) is 6. The van der Waals surface area contributed by atoms with Gasteiger partial charge in [-0.15, -0.1) is 0 Å². The molecule has 76 valence electrons. The second-order valence-electron chi connectivity index (χ2n) is 2.15. The van der Waals surface area contributed by atoms with Gasteiger partial charge in [0.05, 0.1) is 13.5 Å². The maximum absolute atomic E-state index is 10.8. The predicted molar refractivity (Wildman–Crippen MR) is 40.9 cm³/mol. The van der Waals surface area contributed by atoms with Crippen LogP contribution in [0.25, 0.3) is 0 Å². The van der Waals surface area contributed by atoms with E-state index in [0.29, 0.717) is 0 Å². The van der Waals surface area contributed by atoms with E-state index in [2.05, 4.69) is 9.26 Å². The molecule has 8 heteroatoms. The Labute approximate surface area is 104 Å². The van der Waals surface area contributed by atoms with Crippen molar-refractivity contribution in [1.82, 2.24) is 0 Å². The van der Waals surface area contributed by atoms with Crippen molar-refractivity contribution >= 4 is 19.1 Å². The normalized spacial score (nSPS) is 13.6. The number of esters is 1. The third-order valence-corrected chi connectivity index (χ3v) is 2.63. The van der Waals surface area contributed by atoms with Crippen LogP contribution < -0.4 is 34.5 Å². The average Bonchev–Trinajstić information content (AvgIpc) is 2.13. The average molecular weight is 232 g/mol. The molecule has 0 fully saturated rings. The van der Waals surface area contributed by atoms with Gasteiger partial charge < -0.3 is 18.7 Å². The number of carbonyl (C=O) groups excluding carboxylic acids is 2. The van der Waals surface area contributed by atoms with E-state index < -0.39 is 25.5 Å². The molecule has 0 heterocycles. The molecule has 0 spiro atoms. The Balaban J connectivity index is 0. The summed E-state index contributed by atoms with van der Waals surface area (Å²) in [6.45, 7) is 0. The van der Waals surface area contributed by atoms with Crippen molar-refractivity contribution in [2.45, 2.75) is 12.8 Å². The molecular formula is C6H10NaO6P. The Morgan fingerprint density at radius 2 is 1.79 bits per heavy atom. The number of rotatable bonds is 5. The molecule has 0 rings (SSSR count). The fraction of sp³-hybridized carbons (Fsp3) is 0.667. The van der Waals surface area contributed by atoms with Crippen molar-refractivity contribution in [2.75, 3.05) is 14.2 Å². The van der Waals surface area contributed by atoms with Crippen LogP contribution in [0.5, 0.6) is 0 Å². The van der Waals surface area contributed by atoms with Gasteiger partial charge in [0.2, 0.25) is 5.52 Å². The Hall–Kier alpha value is 0.290. The van der Waals surface area contributed by atoms with Crippen LogP contribution in [0.3, 0.4) is 0 Å². The molecule has 0 aliphatic rings. The molecule has 0 amide bonds. The molecule has 0 aliphatic heterocycles. The number of hydrogen-bond donors (Lipinski definition) is 0. The molecule has 0 saturated carbocycles. The first kappa shape index (κ1) is 16.7. The fourth-order valence-electron chi connectivity index (χ4n) is 0.550. The number of carbonyl (C=O) groups is 2. The summed E-state index contributed by atoms with van der Waals surface area (Å²) in [4.78, 5) is 32.0. The monoisotopic (exact) mass is 232 g/mol. The molecule has 0 saturated heterocycles. The maximum Gasteiger partial charge on any atom is 1.00 e. The first-order valence-electron chi connectivity index (χ1n) is 3.41. The molecule has 6 nitrogen and oxygen atoms in total. The van der Waals surface area contributed by atoms with Crippen LogP contribution in [0, 0.1) is 0 Å². The zero-order chi connectivity index (χ0) is 10.5. The zero-order valence-electron chi connectivity index (χ0n) is 8.31. The van der Waals surface area contributed by atoms with Gasteiger partial charge in [-0.2, -0.15) is 0 Å². The van der Waals surface area contributed by atoms with Gasteiger partial charge in [-0.3, -0.25) is 9.59 Å². The van der Waals surface area contributed by atoms with E-state index in [4.69, 9.17) is 0 Å². The Kier molecular flexibility index (Phi) is 9.03. The molecule has 0 aliphatic carbocycles. The molecule has 0 radical (unpaired) electrons. The van der Waals surface area contributed by atoms with Gasteiger partial charge in [-0.05, 0) is 0 Å². The minimum atomic E-state index is -4.43. The van der Waals surface area contributed by atoms with Gasteiger partial charge in [-0.1, -0.05) is 0 Å². The van der Waals surface area contributed by atoms with Gasteiger partial charge in [0.25, 0.3) is 0 Å². The van der Waals surface area contributed by atoms with Crippen LogP contribution in [0.2, 0.25) is 0 Å². The Morgan fingerprint density at radius 1 is 1.29 bits per heavy atom. The van der Waals surface area contributed by atoms with E-state index in [9.17, 15) is 19.0 Å². The Morgan fingerprint density at radius 3 is 2.14 bits per heavy atom. The van der Waals surface area contributed by atoms with E-state index in [0.717, 1.165) is 14.2 Å². The van der Waals surface area contributed by atoms with Gasteiger partial charge in [0.15, 0.2) is 7.60 Å². The van der Waals surface area contributed by atoms with E-state index >= 15 is 0 Å². The van der Waals surface area contributed by atoms with E-state index in [1.54, 1.807) is 0 Å². The number of ether oxygens (including phenoxy) is 1. The fourth-order valence-corrected chi connectivity index (χ4v) is 1.14. The predicted octanol–water partition coefficient (Wildman–Crippen LogP) is -3.33. The van der Waals surface area contributed by atoms with Crippen molar-refractivity contribution in [3.8, 4) is 0 Å². The first-order chi connectivity index (χ1) is 5.94. The molecule has 1 atom stereocenters. The van der Waals surface area contributed by atoms with Crippen molar-refractivity contribution in [1.29, 1.82) is 0 Å². The zero-order valence-corrected chi connectivity index (χ0v) is 11.2. The van der Waals surface area contributed by atoms with Crippen molar-refractivity contribution in [3.63, 3.8) is 0 Å². The van der Waals surface area contributed by atoms with Crippen LogP contribution in [0.4, 0.5) is 0 Å². The smallest absolute Gasteiger partial charge is 0.773 e. The van der Waals surface area contributed by atoms with E-state index in [1.165, 1.54) is 0 Å². The third-order valence-electron chi connectivity index (χ3n) is 1.32. The second-order valence-corrected chi connectivity index (χ2v) is 4.01. The summed E-state index contributed by atoms with van der Waals surface area (Å²) in [6, 6.07) is 0. The van der Waals surface area contributed by atoms with Crippen LogP contribution >= 0.6 is 7.60 Å². The molecular weight excluding hydrogens is 222 g/mol. The molecule has 14 heavy (non-hydrogen) atoms. The van der Waals surface area contributed by atoms with E-state index in [-0.39, 0.29) is 36.0 Å². The summed E-state index contributed by atoms with van der Waals surface area (Å²) in [5, 5.41) is 0. The molecule has 0 aromatic heterocycles. The van der Waals surface area contributed by atoms with Crippen molar-refractivity contribution < 1.29 is 57.9 Å². The standard InChI is InChI=1S/C6H11O6P.Na/c1-11-5(7)3-4-6(8)13(9,10)12-2;/h3-4H2,1-2H3,(H,9,10);/q;+1/p-1. The summed E-state index contributed by atoms with van der Waals surface area (Å²) in [6.07, 6.45) is -0.674. The quantitative estimate of drug-likeness (QED) is 0.279. The van der Waals surface area contributed by atoms with Gasteiger partial charge in [-0.25, -0.2) is 0 Å². The summed E-state index contributed by atoms with van der Waals surface area (Å²) in [5.41, 5.74) is -1.10. The van der Waals surface area contributed by atoms with Crippen molar-refractivity contribution in [3.05, 3.63) is 0 Å². The SMILES string of the molecule is COC(=O)CCC(=O)P(=O)([O-])OC.[Na+]. The molecule has 1 unspecified atom stereocenters. The topological polar surface area (TPSA) is 92.7 Å².